The van der Waals surface area contributed by atoms with Crippen LogP contribution in [0.4, 0.5) is 4.39 Å². The molecule has 0 spiro atoms. The third kappa shape index (κ3) is 2.23. The Balaban J connectivity index is 3.06. The number of hydrogen-bond donors (Lipinski definition) is 2. The fraction of sp³-hybridized carbons (Fsp3) is 0.333. The van der Waals surface area contributed by atoms with Gasteiger partial charge >= 0.3 is 0 Å². The van der Waals surface area contributed by atoms with Gasteiger partial charge in [0.2, 0.25) is 0 Å². The first kappa shape index (κ1) is 11.4. The Bertz CT molecular complexity index is 344. The van der Waals surface area contributed by atoms with Gasteiger partial charge < -0.3 is 9.94 Å². The highest BCUT2D eigenvalue weighted by molar-refractivity contribution is 9.10. The van der Waals surface area contributed by atoms with E-state index in [9.17, 15) is 9.50 Å². The van der Waals surface area contributed by atoms with Crippen molar-refractivity contribution in [3.8, 4) is 5.75 Å². The molecular formula is C9H11BrFNO2. The highest BCUT2D eigenvalue weighted by Gasteiger charge is 2.13. The van der Waals surface area contributed by atoms with Crippen molar-refractivity contribution in [1.29, 1.82) is 0 Å². The van der Waals surface area contributed by atoms with Crippen LogP contribution >= 0.6 is 15.9 Å². The summed E-state index contributed by atoms with van der Waals surface area (Å²) < 4.78 is 13.8. The summed E-state index contributed by atoms with van der Waals surface area (Å²) in [4.78, 5) is 4.35. The molecule has 14 heavy (non-hydrogen) atoms. The van der Waals surface area contributed by atoms with Crippen LogP contribution in [0.2, 0.25) is 0 Å². The lowest BCUT2D eigenvalue weighted by Crippen LogP contribution is -2.05. The summed E-state index contributed by atoms with van der Waals surface area (Å²) in [5.41, 5.74) is 1.17. The molecule has 0 unspecified atom stereocenters. The molecule has 0 atom stereocenters. The highest BCUT2D eigenvalue weighted by atomic mass is 79.9. The van der Waals surface area contributed by atoms with E-state index >= 15 is 0 Å². The van der Waals surface area contributed by atoms with Gasteiger partial charge in [-0.05, 0) is 34.0 Å². The van der Waals surface area contributed by atoms with E-state index in [1.165, 1.54) is 0 Å². The number of benzene rings is 1. The maximum Gasteiger partial charge on any atom is 0.169 e. The molecule has 1 aromatic rings. The van der Waals surface area contributed by atoms with Crippen LogP contribution in [0, 0.1) is 12.7 Å². The average Bonchev–Trinajstić information content (AvgIpc) is 2.18. The van der Waals surface area contributed by atoms with E-state index in [1.807, 2.05) is 0 Å². The molecule has 0 radical (unpaired) electrons. The third-order valence-corrected chi connectivity index (χ3v) is 2.92. The number of rotatable bonds is 3. The smallest absolute Gasteiger partial charge is 0.169 e. The minimum atomic E-state index is -0.625. The van der Waals surface area contributed by atoms with E-state index in [0.717, 1.165) is 5.56 Å². The van der Waals surface area contributed by atoms with E-state index in [1.54, 1.807) is 13.0 Å². The third-order valence-electron chi connectivity index (χ3n) is 1.92. The van der Waals surface area contributed by atoms with Gasteiger partial charge in [-0.3, -0.25) is 0 Å². The number of halogens is 2. The maximum atomic E-state index is 13.4. The number of phenols is 1. The van der Waals surface area contributed by atoms with Crippen LogP contribution in [0.15, 0.2) is 10.5 Å². The molecule has 0 aliphatic rings. The first-order valence-electron chi connectivity index (χ1n) is 4.06. The standard InChI is InChI=1S/C9H11BrFNO2/c1-5-4-6(2-3-14-12)8(11)9(13)7(5)10/h4,13H,2-3,12H2,1H3. The summed E-state index contributed by atoms with van der Waals surface area (Å²) in [6.45, 7) is 1.99. The molecule has 0 aliphatic carbocycles. The van der Waals surface area contributed by atoms with Crippen molar-refractivity contribution < 1.29 is 14.3 Å². The van der Waals surface area contributed by atoms with Crippen LogP contribution in [0.3, 0.4) is 0 Å². The molecule has 0 aromatic heterocycles. The lowest BCUT2D eigenvalue weighted by atomic mass is 10.1. The van der Waals surface area contributed by atoms with Gasteiger partial charge in [-0.25, -0.2) is 10.3 Å². The van der Waals surface area contributed by atoms with E-state index in [-0.39, 0.29) is 12.4 Å². The zero-order chi connectivity index (χ0) is 10.7. The van der Waals surface area contributed by atoms with Crippen LogP contribution in [-0.2, 0) is 11.3 Å². The molecule has 0 aliphatic heterocycles. The van der Waals surface area contributed by atoms with Gasteiger partial charge in [0.1, 0.15) is 0 Å². The number of hydrogen-bond acceptors (Lipinski definition) is 3. The fourth-order valence-corrected chi connectivity index (χ4v) is 1.46. The Hall–Kier alpha value is -0.650. The van der Waals surface area contributed by atoms with Crippen molar-refractivity contribution in [3.05, 3.63) is 27.5 Å². The second-order valence-electron chi connectivity index (χ2n) is 2.95. The Labute approximate surface area is 89.8 Å². The zero-order valence-electron chi connectivity index (χ0n) is 7.68. The summed E-state index contributed by atoms with van der Waals surface area (Å²) in [6, 6.07) is 1.65. The summed E-state index contributed by atoms with van der Waals surface area (Å²) in [5.74, 6) is 3.85. The summed E-state index contributed by atoms with van der Waals surface area (Å²) in [5, 5.41) is 9.37. The van der Waals surface area contributed by atoms with Crippen molar-refractivity contribution in [2.45, 2.75) is 13.3 Å². The minimum Gasteiger partial charge on any atom is -0.504 e. The molecule has 0 saturated heterocycles. The highest BCUT2D eigenvalue weighted by Crippen LogP contribution is 2.32. The Morgan fingerprint density at radius 3 is 2.86 bits per heavy atom. The number of phenolic OH excluding ortho intramolecular Hbond substituents is 1. The van der Waals surface area contributed by atoms with Gasteiger partial charge in [0.15, 0.2) is 11.6 Å². The van der Waals surface area contributed by atoms with Crippen molar-refractivity contribution in [2.24, 2.45) is 5.90 Å². The first-order valence-corrected chi connectivity index (χ1v) is 4.85. The molecule has 0 bridgehead atoms. The Kier molecular flexibility index (Phi) is 3.86. The molecule has 78 valence electrons. The van der Waals surface area contributed by atoms with Gasteiger partial charge in [0.25, 0.3) is 0 Å². The van der Waals surface area contributed by atoms with Gasteiger partial charge in [0.05, 0.1) is 11.1 Å². The Morgan fingerprint density at radius 1 is 1.64 bits per heavy atom. The second-order valence-corrected chi connectivity index (χ2v) is 3.74. The van der Waals surface area contributed by atoms with Crippen LogP contribution in [0.5, 0.6) is 5.75 Å². The predicted octanol–water partition coefficient (Wildman–Crippen LogP) is 2.04. The largest absolute Gasteiger partial charge is 0.504 e. The quantitative estimate of drug-likeness (QED) is 0.821. The molecule has 0 fully saturated rings. The summed E-state index contributed by atoms with van der Waals surface area (Å²) in [6.07, 6.45) is 0.337. The topological polar surface area (TPSA) is 55.5 Å². The van der Waals surface area contributed by atoms with Crippen molar-refractivity contribution >= 4 is 15.9 Å². The second kappa shape index (κ2) is 4.72. The molecule has 1 aromatic carbocycles. The molecule has 5 heteroatoms. The summed E-state index contributed by atoms with van der Waals surface area (Å²) >= 11 is 3.09. The van der Waals surface area contributed by atoms with Gasteiger partial charge in [0, 0.05) is 6.42 Å². The first-order chi connectivity index (χ1) is 6.57. The lowest BCUT2D eigenvalue weighted by Gasteiger charge is -2.08. The zero-order valence-corrected chi connectivity index (χ0v) is 9.27. The molecule has 0 heterocycles. The molecule has 3 N–H and O–H groups in total. The molecule has 0 saturated carbocycles. The van der Waals surface area contributed by atoms with Crippen LogP contribution in [0.25, 0.3) is 0 Å². The van der Waals surface area contributed by atoms with E-state index in [2.05, 4.69) is 20.8 Å². The predicted molar refractivity (Wildman–Crippen MR) is 54.3 cm³/mol. The van der Waals surface area contributed by atoms with E-state index in [4.69, 9.17) is 5.90 Å². The monoisotopic (exact) mass is 263 g/mol. The normalized spacial score (nSPS) is 10.6. The number of aryl methyl sites for hydroxylation is 1. The Morgan fingerprint density at radius 2 is 2.29 bits per heavy atom. The van der Waals surface area contributed by atoms with Gasteiger partial charge in [-0.15, -0.1) is 0 Å². The van der Waals surface area contributed by atoms with E-state index in [0.29, 0.717) is 16.5 Å². The molecule has 3 nitrogen and oxygen atoms in total. The van der Waals surface area contributed by atoms with Crippen molar-refractivity contribution in [1.82, 2.24) is 0 Å². The molecule has 1 rings (SSSR count). The minimum absolute atomic E-state index is 0.220. The number of aromatic hydroxyl groups is 1. The van der Waals surface area contributed by atoms with Crippen molar-refractivity contribution in [2.75, 3.05) is 6.61 Å². The van der Waals surface area contributed by atoms with Crippen LogP contribution in [0.1, 0.15) is 11.1 Å². The fourth-order valence-electron chi connectivity index (χ4n) is 1.17. The lowest BCUT2D eigenvalue weighted by molar-refractivity contribution is 0.140. The molecular weight excluding hydrogens is 253 g/mol. The number of nitrogens with two attached hydrogens (primary N) is 1. The van der Waals surface area contributed by atoms with Gasteiger partial charge in [-0.2, -0.15) is 0 Å². The van der Waals surface area contributed by atoms with Crippen molar-refractivity contribution in [3.63, 3.8) is 0 Å². The summed E-state index contributed by atoms with van der Waals surface area (Å²) in [7, 11) is 0. The maximum absolute atomic E-state index is 13.4. The average molecular weight is 264 g/mol. The molecule has 0 amide bonds. The SMILES string of the molecule is Cc1cc(CCON)c(F)c(O)c1Br. The van der Waals surface area contributed by atoms with E-state index < -0.39 is 5.82 Å². The van der Waals surface area contributed by atoms with Crippen LogP contribution in [-0.4, -0.2) is 11.7 Å². The van der Waals surface area contributed by atoms with Gasteiger partial charge in [-0.1, -0.05) is 6.07 Å². The van der Waals surface area contributed by atoms with Crippen LogP contribution < -0.4 is 5.90 Å².